The van der Waals surface area contributed by atoms with Crippen molar-refractivity contribution in [1.82, 2.24) is 10.6 Å². The van der Waals surface area contributed by atoms with E-state index in [4.69, 9.17) is 0 Å². The van der Waals surface area contributed by atoms with Crippen molar-refractivity contribution in [3.8, 4) is 0 Å². The van der Waals surface area contributed by atoms with Crippen LogP contribution in [0, 0.1) is 0 Å². The van der Waals surface area contributed by atoms with E-state index in [2.05, 4.69) is 31.4 Å². The van der Waals surface area contributed by atoms with Crippen LogP contribution in [0.5, 0.6) is 0 Å². The van der Waals surface area contributed by atoms with E-state index in [1.807, 2.05) is 30.3 Å². The highest BCUT2D eigenvalue weighted by Crippen LogP contribution is 2.11. The van der Waals surface area contributed by atoms with Gasteiger partial charge >= 0.3 is 0 Å². The minimum atomic E-state index is -0.330. The van der Waals surface area contributed by atoms with E-state index in [1.54, 1.807) is 0 Å². The molecule has 0 aromatic heterocycles. The molecule has 0 saturated carbocycles. The number of benzene rings is 1. The molecular formula is C15H24N2O2. The zero-order chi connectivity index (χ0) is 14.3. The second kappa shape index (κ2) is 7.26. The molecule has 4 nitrogen and oxygen atoms in total. The van der Waals surface area contributed by atoms with E-state index >= 15 is 0 Å². The third-order valence-electron chi connectivity index (χ3n) is 2.73. The van der Waals surface area contributed by atoms with Gasteiger partial charge < -0.3 is 15.7 Å². The van der Waals surface area contributed by atoms with E-state index in [9.17, 15) is 9.90 Å². The Bertz CT molecular complexity index is 385. The van der Waals surface area contributed by atoms with Gasteiger partial charge in [0.15, 0.2) is 0 Å². The molecule has 1 atom stereocenters. The highest BCUT2D eigenvalue weighted by molar-refractivity contribution is 5.76. The van der Waals surface area contributed by atoms with E-state index in [0.717, 1.165) is 5.56 Å². The third kappa shape index (κ3) is 6.36. The normalized spacial score (nSPS) is 13.1. The number of aliphatic hydroxyl groups is 1. The standard InChI is InChI=1S/C15H24N2O2/c1-15(2,3)16-10-9-14(19)17-13(11-18)12-7-5-4-6-8-12/h4-8,13,16,18H,9-11H2,1-3H3,(H,17,19)/t13-/m1/s1. The van der Waals surface area contributed by atoms with Crippen molar-refractivity contribution in [1.29, 1.82) is 0 Å². The van der Waals surface area contributed by atoms with Gasteiger partial charge in [0.05, 0.1) is 12.6 Å². The molecule has 0 aliphatic heterocycles. The molecular weight excluding hydrogens is 240 g/mol. The summed E-state index contributed by atoms with van der Waals surface area (Å²) in [5.41, 5.74) is 0.929. The Morgan fingerprint density at radius 1 is 1.26 bits per heavy atom. The third-order valence-corrected chi connectivity index (χ3v) is 2.73. The molecule has 1 aromatic rings. The summed E-state index contributed by atoms with van der Waals surface area (Å²) in [4.78, 5) is 11.8. The van der Waals surface area contributed by atoms with Crippen LogP contribution in [-0.4, -0.2) is 29.7 Å². The average Bonchev–Trinajstić information content (AvgIpc) is 2.35. The monoisotopic (exact) mass is 264 g/mol. The fourth-order valence-electron chi connectivity index (χ4n) is 1.74. The van der Waals surface area contributed by atoms with Gasteiger partial charge in [0, 0.05) is 18.5 Å². The minimum Gasteiger partial charge on any atom is -0.394 e. The Morgan fingerprint density at radius 2 is 1.89 bits per heavy atom. The van der Waals surface area contributed by atoms with Crippen LogP contribution >= 0.6 is 0 Å². The summed E-state index contributed by atoms with van der Waals surface area (Å²) in [6.07, 6.45) is 0.403. The van der Waals surface area contributed by atoms with Crippen LogP contribution in [0.1, 0.15) is 38.8 Å². The first kappa shape index (κ1) is 15.7. The maximum absolute atomic E-state index is 11.8. The summed E-state index contributed by atoms with van der Waals surface area (Å²) >= 11 is 0. The second-order valence-electron chi connectivity index (χ2n) is 5.64. The van der Waals surface area contributed by atoms with Gasteiger partial charge in [-0.1, -0.05) is 30.3 Å². The van der Waals surface area contributed by atoms with Gasteiger partial charge in [0.25, 0.3) is 0 Å². The lowest BCUT2D eigenvalue weighted by Gasteiger charge is -2.21. The van der Waals surface area contributed by atoms with Gasteiger partial charge in [-0.15, -0.1) is 0 Å². The lowest BCUT2D eigenvalue weighted by molar-refractivity contribution is -0.122. The lowest BCUT2D eigenvalue weighted by Crippen LogP contribution is -2.39. The molecule has 0 bridgehead atoms. The summed E-state index contributed by atoms with van der Waals surface area (Å²) in [5, 5.41) is 15.5. The molecule has 0 aliphatic rings. The van der Waals surface area contributed by atoms with Crippen molar-refractivity contribution in [2.45, 2.75) is 38.8 Å². The van der Waals surface area contributed by atoms with Crippen LogP contribution in [0.4, 0.5) is 0 Å². The van der Waals surface area contributed by atoms with Crippen LogP contribution in [0.15, 0.2) is 30.3 Å². The Kier molecular flexibility index (Phi) is 5.99. The molecule has 0 aliphatic carbocycles. The molecule has 0 heterocycles. The molecule has 0 unspecified atom stereocenters. The van der Waals surface area contributed by atoms with Crippen LogP contribution in [0.3, 0.4) is 0 Å². The summed E-state index contributed by atoms with van der Waals surface area (Å²) in [6.45, 7) is 6.72. The summed E-state index contributed by atoms with van der Waals surface area (Å²) in [7, 11) is 0. The number of hydrogen-bond acceptors (Lipinski definition) is 3. The minimum absolute atomic E-state index is 0.0100. The second-order valence-corrected chi connectivity index (χ2v) is 5.64. The molecule has 1 amide bonds. The molecule has 0 fully saturated rings. The Hall–Kier alpha value is -1.39. The smallest absolute Gasteiger partial charge is 0.221 e. The van der Waals surface area contributed by atoms with Gasteiger partial charge in [0.2, 0.25) is 5.91 Å². The number of amides is 1. The van der Waals surface area contributed by atoms with Crippen molar-refractivity contribution in [2.24, 2.45) is 0 Å². The highest BCUT2D eigenvalue weighted by atomic mass is 16.3. The fraction of sp³-hybridized carbons (Fsp3) is 0.533. The summed E-state index contributed by atoms with van der Waals surface area (Å²) in [6, 6.07) is 9.16. The van der Waals surface area contributed by atoms with E-state index < -0.39 is 0 Å². The average molecular weight is 264 g/mol. The molecule has 19 heavy (non-hydrogen) atoms. The Labute approximate surface area is 115 Å². The van der Waals surface area contributed by atoms with E-state index in [0.29, 0.717) is 13.0 Å². The predicted octanol–water partition coefficient (Wildman–Crippen LogP) is 1.61. The van der Waals surface area contributed by atoms with Crippen LogP contribution < -0.4 is 10.6 Å². The SMILES string of the molecule is CC(C)(C)NCCC(=O)N[C@H](CO)c1ccccc1. The van der Waals surface area contributed by atoms with Gasteiger partial charge in [-0.3, -0.25) is 4.79 Å². The predicted molar refractivity (Wildman–Crippen MR) is 76.8 cm³/mol. The number of rotatable bonds is 6. The van der Waals surface area contributed by atoms with Crippen LogP contribution in [-0.2, 0) is 4.79 Å². The van der Waals surface area contributed by atoms with Crippen molar-refractivity contribution in [3.63, 3.8) is 0 Å². The first-order valence-electron chi connectivity index (χ1n) is 6.62. The zero-order valence-corrected chi connectivity index (χ0v) is 11.9. The molecule has 0 spiro atoms. The highest BCUT2D eigenvalue weighted by Gasteiger charge is 2.14. The van der Waals surface area contributed by atoms with Gasteiger partial charge in [-0.05, 0) is 26.3 Å². The number of carbonyl (C=O) groups excluding carboxylic acids is 1. The van der Waals surface area contributed by atoms with Gasteiger partial charge in [-0.25, -0.2) is 0 Å². The largest absolute Gasteiger partial charge is 0.394 e. The van der Waals surface area contributed by atoms with E-state index in [1.165, 1.54) is 0 Å². The van der Waals surface area contributed by atoms with Crippen molar-refractivity contribution < 1.29 is 9.90 Å². The first-order chi connectivity index (χ1) is 8.92. The maximum Gasteiger partial charge on any atom is 0.221 e. The zero-order valence-electron chi connectivity index (χ0n) is 11.9. The molecule has 1 rings (SSSR count). The first-order valence-corrected chi connectivity index (χ1v) is 6.62. The maximum atomic E-state index is 11.8. The molecule has 3 N–H and O–H groups in total. The lowest BCUT2D eigenvalue weighted by atomic mass is 10.1. The molecule has 0 radical (unpaired) electrons. The topological polar surface area (TPSA) is 61.4 Å². The van der Waals surface area contributed by atoms with E-state index in [-0.39, 0.29) is 24.1 Å². The fourth-order valence-corrected chi connectivity index (χ4v) is 1.74. The van der Waals surface area contributed by atoms with Crippen molar-refractivity contribution >= 4 is 5.91 Å². The van der Waals surface area contributed by atoms with Gasteiger partial charge in [-0.2, -0.15) is 0 Å². The van der Waals surface area contributed by atoms with Crippen molar-refractivity contribution in [3.05, 3.63) is 35.9 Å². The number of hydrogen-bond donors (Lipinski definition) is 3. The van der Waals surface area contributed by atoms with Crippen LogP contribution in [0.2, 0.25) is 0 Å². The molecule has 0 saturated heterocycles. The Balaban J connectivity index is 2.42. The Morgan fingerprint density at radius 3 is 2.42 bits per heavy atom. The molecule has 4 heteroatoms. The number of aliphatic hydroxyl groups excluding tert-OH is 1. The summed E-state index contributed by atoms with van der Waals surface area (Å²) < 4.78 is 0. The molecule has 1 aromatic carbocycles. The number of nitrogens with one attached hydrogen (secondary N) is 2. The number of carbonyl (C=O) groups is 1. The quantitative estimate of drug-likeness (QED) is 0.731. The van der Waals surface area contributed by atoms with Gasteiger partial charge in [0.1, 0.15) is 0 Å². The molecule has 106 valence electrons. The van der Waals surface area contributed by atoms with Crippen LogP contribution in [0.25, 0.3) is 0 Å². The van der Waals surface area contributed by atoms with Crippen molar-refractivity contribution in [2.75, 3.05) is 13.2 Å². The summed E-state index contributed by atoms with van der Waals surface area (Å²) in [5.74, 6) is -0.0559.